The zero-order valence-corrected chi connectivity index (χ0v) is 43.9. The number of carbonyl (C=O) groups is 1. The van der Waals surface area contributed by atoms with E-state index in [9.17, 15) is 30.3 Å². The second-order valence-corrected chi connectivity index (χ2v) is 20.4. The van der Waals surface area contributed by atoms with Crippen LogP contribution in [0.5, 0.6) is 0 Å². The maximum atomic E-state index is 13.0. The predicted molar refractivity (Wildman–Crippen MR) is 281 cm³/mol. The van der Waals surface area contributed by atoms with Gasteiger partial charge in [-0.3, -0.25) is 4.79 Å². The third-order valence-corrected chi connectivity index (χ3v) is 14.0. The van der Waals surface area contributed by atoms with Crippen LogP contribution in [0.2, 0.25) is 0 Å². The number of hydrogen-bond donors (Lipinski definition) is 6. The van der Waals surface area contributed by atoms with Crippen LogP contribution in [0.15, 0.2) is 24.3 Å². The van der Waals surface area contributed by atoms with Gasteiger partial charge in [-0.25, -0.2) is 0 Å². The van der Waals surface area contributed by atoms with Gasteiger partial charge in [-0.1, -0.05) is 269 Å². The first-order valence-corrected chi connectivity index (χ1v) is 29.1. The van der Waals surface area contributed by atoms with Crippen molar-refractivity contribution in [1.29, 1.82) is 0 Å². The minimum Gasteiger partial charge on any atom is -0.394 e. The van der Waals surface area contributed by atoms with Crippen LogP contribution in [-0.2, 0) is 14.3 Å². The van der Waals surface area contributed by atoms with E-state index in [1.165, 1.54) is 225 Å². The van der Waals surface area contributed by atoms with Crippen LogP contribution < -0.4 is 5.32 Å². The third-order valence-electron chi connectivity index (χ3n) is 14.0. The second-order valence-electron chi connectivity index (χ2n) is 20.4. The van der Waals surface area contributed by atoms with Gasteiger partial charge in [0.15, 0.2) is 6.29 Å². The van der Waals surface area contributed by atoms with Gasteiger partial charge in [0, 0.05) is 6.42 Å². The quantitative estimate of drug-likeness (QED) is 0.0261. The largest absolute Gasteiger partial charge is 0.394 e. The van der Waals surface area contributed by atoms with Crippen molar-refractivity contribution in [2.24, 2.45) is 0 Å². The molecule has 0 aromatic heterocycles. The third kappa shape index (κ3) is 38.1. The number of nitrogens with one attached hydrogen (secondary N) is 1. The molecule has 6 N–H and O–H groups in total. The minimum atomic E-state index is -1.57. The lowest BCUT2D eigenvalue weighted by Crippen LogP contribution is -2.60. The van der Waals surface area contributed by atoms with Gasteiger partial charge in [0.25, 0.3) is 0 Å². The summed E-state index contributed by atoms with van der Waals surface area (Å²) >= 11 is 0. The van der Waals surface area contributed by atoms with Gasteiger partial charge < -0.3 is 40.3 Å². The highest BCUT2D eigenvalue weighted by Gasteiger charge is 2.44. The molecular formula is C58H111NO8. The molecule has 0 radical (unpaired) electrons. The zero-order valence-electron chi connectivity index (χ0n) is 43.9. The Kier molecular flexibility index (Phi) is 45.9. The fourth-order valence-electron chi connectivity index (χ4n) is 9.41. The van der Waals surface area contributed by atoms with Gasteiger partial charge in [-0.15, -0.1) is 0 Å². The van der Waals surface area contributed by atoms with Crippen molar-refractivity contribution < 1.29 is 39.8 Å². The summed E-state index contributed by atoms with van der Waals surface area (Å²) in [7, 11) is 0. The number of unbranched alkanes of at least 4 members (excludes halogenated alkanes) is 38. The number of ether oxygens (including phenoxy) is 2. The summed E-state index contributed by atoms with van der Waals surface area (Å²) in [4.78, 5) is 13.0. The molecule has 7 atom stereocenters. The topological polar surface area (TPSA) is 149 Å². The first kappa shape index (κ1) is 63.7. The minimum absolute atomic E-state index is 0.182. The molecule has 396 valence electrons. The molecule has 0 bridgehead atoms. The molecule has 1 aliphatic heterocycles. The highest BCUT2D eigenvalue weighted by Crippen LogP contribution is 2.23. The van der Waals surface area contributed by atoms with Crippen molar-refractivity contribution >= 4 is 5.91 Å². The number of allylic oxidation sites excluding steroid dienone is 3. The van der Waals surface area contributed by atoms with Crippen molar-refractivity contribution in [3.8, 4) is 0 Å². The van der Waals surface area contributed by atoms with E-state index in [0.717, 1.165) is 38.5 Å². The van der Waals surface area contributed by atoms with E-state index in [-0.39, 0.29) is 12.5 Å². The molecule has 1 heterocycles. The number of hydrogen-bond acceptors (Lipinski definition) is 8. The van der Waals surface area contributed by atoms with Crippen LogP contribution in [0.4, 0.5) is 0 Å². The van der Waals surface area contributed by atoms with Gasteiger partial charge in [0.1, 0.15) is 24.4 Å². The Hall–Kier alpha value is -1.33. The monoisotopic (exact) mass is 950 g/mol. The molecule has 0 aromatic rings. The lowest BCUT2D eigenvalue weighted by Gasteiger charge is -2.40. The van der Waals surface area contributed by atoms with E-state index in [1.54, 1.807) is 6.08 Å². The molecule has 1 amide bonds. The molecule has 1 rings (SSSR count). The zero-order chi connectivity index (χ0) is 48.7. The number of aliphatic hydroxyl groups is 5. The van der Waals surface area contributed by atoms with Crippen molar-refractivity contribution in [2.75, 3.05) is 13.2 Å². The van der Waals surface area contributed by atoms with Gasteiger partial charge in [0.2, 0.25) is 5.91 Å². The second kappa shape index (κ2) is 48.3. The first-order chi connectivity index (χ1) is 32.8. The molecule has 7 unspecified atom stereocenters. The molecular weight excluding hydrogens is 839 g/mol. The van der Waals surface area contributed by atoms with E-state index in [0.29, 0.717) is 6.42 Å². The molecule has 9 nitrogen and oxygen atoms in total. The Bertz CT molecular complexity index is 1100. The molecule has 1 fully saturated rings. The SMILES string of the molecule is CCCCCCCCCCCCCCCCCCCCCCCC/C=C/CC/C=C/C(O)C(COC1OC(CO)C(O)C(O)C1O)NC(=O)CCCCCCCCCCCCCCCCCC. The van der Waals surface area contributed by atoms with Gasteiger partial charge >= 0.3 is 0 Å². The lowest BCUT2D eigenvalue weighted by molar-refractivity contribution is -0.302. The van der Waals surface area contributed by atoms with E-state index in [1.807, 2.05) is 6.08 Å². The first-order valence-electron chi connectivity index (χ1n) is 29.1. The summed E-state index contributed by atoms with van der Waals surface area (Å²) in [6.07, 6.45) is 54.0. The van der Waals surface area contributed by atoms with Gasteiger partial charge in [0.05, 0.1) is 25.4 Å². The molecule has 0 saturated carbocycles. The van der Waals surface area contributed by atoms with E-state index >= 15 is 0 Å². The van der Waals surface area contributed by atoms with Crippen molar-refractivity contribution in [2.45, 2.75) is 326 Å². The summed E-state index contributed by atoms with van der Waals surface area (Å²) in [5.41, 5.74) is 0. The Morgan fingerprint density at radius 3 is 1.25 bits per heavy atom. The molecule has 9 heteroatoms. The van der Waals surface area contributed by atoms with Crippen LogP contribution >= 0.6 is 0 Å². The summed E-state index contributed by atoms with van der Waals surface area (Å²) < 4.78 is 11.3. The average molecular weight is 951 g/mol. The standard InChI is InChI=1S/C58H111NO8/c1-3-5-7-9-11-13-15-17-19-21-22-23-24-25-26-27-28-29-30-31-32-33-35-37-39-41-43-45-47-52(61)51(50-66-58-57(65)56(64)55(63)53(49-60)67-58)59-54(62)48-46-44-42-40-38-36-34-20-18-16-14-12-10-8-6-4-2/h37,39,45,47,51-53,55-58,60-61,63-65H,3-36,38,40-44,46,48-50H2,1-2H3,(H,59,62)/b39-37+,47-45+. The molecule has 0 aromatic carbocycles. The molecule has 67 heavy (non-hydrogen) atoms. The fourth-order valence-corrected chi connectivity index (χ4v) is 9.41. The van der Waals surface area contributed by atoms with Crippen LogP contribution in [0.3, 0.4) is 0 Å². The van der Waals surface area contributed by atoms with E-state index in [4.69, 9.17) is 9.47 Å². The highest BCUT2D eigenvalue weighted by molar-refractivity contribution is 5.76. The lowest BCUT2D eigenvalue weighted by atomic mass is 9.99. The van der Waals surface area contributed by atoms with Crippen molar-refractivity contribution in [3.05, 3.63) is 24.3 Å². The summed E-state index contributed by atoms with van der Waals surface area (Å²) in [5, 5.41) is 54.4. The number of carbonyl (C=O) groups excluding carboxylic acids is 1. The average Bonchev–Trinajstić information content (AvgIpc) is 3.33. The number of aliphatic hydroxyl groups excluding tert-OH is 5. The van der Waals surface area contributed by atoms with E-state index < -0.39 is 49.5 Å². The Balaban J connectivity index is 2.21. The molecule has 1 aliphatic rings. The predicted octanol–water partition coefficient (Wildman–Crippen LogP) is 14.2. The Morgan fingerprint density at radius 1 is 0.493 bits per heavy atom. The fraction of sp³-hybridized carbons (Fsp3) is 0.914. The van der Waals surface area contributed by atoms with Crippen LogP contribution in [0.1, 0.15) is 284 Å². The van der Waals surface area contributed by atoms with Crippen molar-refractivity contribution in [1.82, 2.24) is 5.32 Å². The Labute approximate surface area is 413 Å². The number of rotatable bonds is 50. The van der Waals surface area contributed by atoms with Crippen LogP contribution in [0, 0.1) is 0 Å². The van der Waals surface area contributed by atoms with Gasteiger partial charge in [-0.2, -0.15) is 0 Å². The van der Waals surface area contributed by atoms with Crippen LogP contribution in [0.25, 0.3) is 0 Å². The highest BCUT2D eigenvalue weighted by atomic mass is 16.7. The molecule has 0 aliphatic carbocycles. The maximum absolute atomic E-state index is 13.0. The summed E-state index contributed by atoms with van der Waals surface area (Å²) in [6, 6.07) is -0.818. The van der Waals surface area contributed by atoms with Crippen molar-refractivity contribution in [3.63, 3.8) is 0 Å². The molecule has 0 spiro atoms. The smallest absolute Gasteiger partial charge is 0.220 e. The van der Waals surface area contributed by atoms with E-state index in [2.05, 4.69) is 31.3 Å². The van der Waals surface area contributed by atoms with Crippen LogP contribution in [-0.4, -0.2) is 87.5 Å². The van der Waals surface area contributed by atoms with Gasteiger partial charge in [-0.05, 0) is 32.1 Å². The normalized spacial score (nSPS) is 19.8. The maximum Gasteiger partial charge on any atom is 0.220 e. The Morgan fingerprint density at radius 2 is 0.851 bits per heavy atom. The number of amides is 1. The summed E-state index contributed by atoms with van der Waals surface area (Å²) in [6.45, 7) is 3.80. The molecule has 1 saturated heterocycles. The summed E-state index contributed by atoms with van der Waals surface area (Å²) in [5.74, 6) is -0.182.